The average molecular weight is 304 g/mol. The number of carboxylic acids is 1. The molecule has 1 unspecified atom stereocenters. The first-order chi connectivity index (χ1) is 8.88. The number of thiophene rings is 1. The molecule has 0 aliphatic carbocycles. The molecular weight excluding hydrogens is 288 g/mol. The van der Waals surface area contributed by atoms with Gasteiger partial charge >= 0.3 is 5.97 Å². The van der Waals surface area contributed by atoms with Crippen molar-refractivity contribution in [2.45, 2.75) is 23.1 Å². The highest BCUT2D eigenvalue weighted by Gasteiger charge is 2.25. The zero-order chi connectivity index (χ0) is 14.0. The Labute approximate surface area is 116 Å². The van der Waals surface area contributed by atoms with E-state index in [1.165, 1.54) is 12.1 Å². The Morgan fingerprint density at radius 2 is 2.26 bits per heavy atom. The Kier molecular flexibility index (Phi) is 4.24. The predicted molar refractivity (Wildman–Crippen MR) is 72.1 cm³/mol. The standard InChI is InChI=1S/C11H16N2O4S2/c1-13-6-2-3-8(7-13)12-19(16,17)10-5-4-9(18-10)11(14)15/h4-5,8,12H,2-3,6-7H2,1H3,(H,14,15). The fraction of sp³-hybridized carbons (Fsp3) is 0.545. The summed E-state index contributed by atoms with van der Waals surface area (Å²) in [5.74, 6) is -1.11. The summed E-state index contributed by atoms with van der Waals surface area (Å²) in [5.41, 5.74) is 0. The summed E-state index contributed by atoms with van der Waals surface area (Å²) in [6.07, 6.45) is 1.76. The number of hydrogen-bond acceptors (Lipinski definition) is 5. The second kappa shape index (κ2) is 5.58. The SMILES string of the molecule is CN1CCCC(NS(=O)(=O)c2ccc(C(=O)O)s2)C1. The summed E-state index contributed by atoms with van der Waals surface area (Å²) in [5, 5.41) is 8.81. The van der Waals surface area contributed by atoms with Gasteiger partial charge in [0.1, 0.15) is 9.09 Å². The van der Waals surface area contributed by atoms with Crippen LogP contribution in [0.5, 0.6) is 0 Å². The molecule has 1 aliphatic rings. The van der Waals surface area contributed by atoms with Crippen molar-refractivity contribution in [3.8, 4) is 0 Å². The highest BCUT2D eigenvalue weighted by molar-refractivity contribution is 7.91. The van der Waals surface area contributed by atoms with Crippen LogP contribution in [0.25, 0.3) is 0 Å². The number of carbonyl (C=O) groups is 1. The van der Waals surface area contributed by atoms with Crippen LogP contribution in [0.1, 0.15) is 22.5 Å². The smallest absolute Gasteiger partial charge is 0.345 e. The van der Waals surface area contributed by atoms with Crippen LogP contribution in [0.15, 0.2) is 16.3 Å². The van der Waals surface area contributed by atoms with E-state index >= 15 is 0 Å². The number of carboxylic acid groups (broad SMARTS) is 1. The lowest BCUT2D eigenvalue weighted by Gasteiger charge is -2.29. The zero-order valence-corrected chi connectivity index (χ0v) is 12.1. The minimum atomic E-state index is -3.62. The van der Waals surface area contributed by atoms with E-state index in [0.717, 1.165) is 30.7 Å². The van der Waals surface area contributed by atoms with Gasteiger partial charge in [0.15, 0.2) is 0 Å². The maximum Gasteiger partial charge on any atom is 0.345 e. The maximum absolute atomic E-state index is 12.1. The number of piperidine rings is 1. The molecule has 19 heavy (non-hydrogen) atoms. The van der Waals surface area contributed by atoms with Gasteiger partial charge in [0.05, 0.1) is 0 Å². The molecule has 1 saturated heterocycles. The van der Waals surface area contributed by atoms with Crippen molar-refractivity contribution in [3.05, 3.63) is 17.0 Å². The van der Waals surface area contributed by atoms with Crippen LogP contribution in [0.2, 0.25) is 0 Å². The molecule has 0 spiro atoms. The highest BCUT2D eigenvalue weighted by Crippen LogP contribution is 2.22. The lowest BCUT2D eigenvalue weighted by atomic mass is 10.1. The number of nitrogens with zero attached hydrogens (tertiary/aromatic N) is 1. The van der Waals surface area contributed by atoms with Crippen molar-refractivity contribution < 1.29 is 18.3 Å². The Hall–Kier alpha value is -0.960. The number of likely N-dealkylation sites (tertiary alicyclic amines) is 1. The van der Waals surface area contributed by atoms with Crippen LogP contribution >= 0.6 is 11.3 Å². The van der Waals surface area contributed by atoms with E-state index in [9.17, 15) is 13.2 Å². The average Bonchev–Trinajstić information content (AvgIpc) is 2.78. The molecule has 2 rings (SSSR count). The minimum absolute atomic E-state index is 0.0288. The second-order valence-electron chi connectivity index (χ2n) is 4.65. The molecule has 2 N–H and O–H groups in total. The first-order valence-electron chi connectivity index (χ1n) is 5.92. The maximum atomic E-state index is 12.1. The lowest BCUT2D eigenvalue weighted by Crippen LogP contribution is -2.46. The third-order valence-corrected chi connectivity index (χ3v) is 6.09. The number of hydrogen-bond donors (Lipinski definition) is 2. The Balaban J connectivity index is 2.10. The van der Waals surface area contributed by atoms with Crippen LogP contribution < -0.4 is 4.72 Å². The summed E-state index contributed by atoms with van der Waals surface area (Å²) in [4.78, 5) is 12.9. The van der Waals surface area contributed by atoms with Gasteiger partial charge in [-0.25, -0.2) is 17.9 Å². The quantitative estimate of drug-likeness (QED) is 0.860. The van der Waals surface area contributed by atoms with Crippen LogP contribution in [-0.2, 0) is 10.0 Å². The first-order valence-corrected chi connectivity index (χ1v) is 8.22. The Morgan fingerprint density at radius 3 is 2.84 bits per heavy atom. The highest BCUT2D eigenvalue weighted by atomic mass is 32.2. The van der Waals surface area contributed by atoms with Crippen molar-refractivity contribution in [2.75, 3.05) is 20.1 Å². The van der Waals surface area contributed by atoms with E-state index in [0.29, 0.717) is 6.54 Å². The van der Waals surface area contributed by atoms with E-state index < -0.39 is 16.0 Å². The minimum Gasteiger partial charge on any atom is -0.477 e. The van der Waals surface area contributed by atoms with Gasteiger partial charge in [-0.1, -0.05) is 0 Å². The molecule has 1 atom stereocenters. The van der Waals surface area contributed by atoms with Crippen molar-refractivity contribution in [3.63, 3.8) is 0 Å². The molecule has 1 aliphatic heterocycles. The monoisotopic (exact) mass is 304 g/mol. The molecule has 1 aromatic rings. The molecule has 8 heteroatoms. The van der Waals surface area contributed by atoms with Crippen molar-refractivity contribution >= 4 is 27.3 Å². The van der Waals surface area contributed by atoms with Gasteiger partial charge in [0.25, 0.3) is 0 Å². The summed E-state index contributed by atoms with van der Waals surface area (Å²) in [6.45, 7) is 1.65. The summed E-state index contributed by atoms with van der Waals surface area (Å²) < 4.78 is 27.0. The Bertz CT molecular complexity index is 567. The molecule has 2 heterocycles. The molecule has 1 fully saturated rings. The van der Waals surface area contributed by atoms with Crippen LogP contribution in [-0.4, -0.2) is 50.6 Å². The van der Waals surface area contributed by atoms with Gasteiger partial charge in [-0.15, -0.1) is 11.3 Å². The number of likely N-dealkylation sites (N-methyl/N-ethyl adjacent to an activating group) is 1. The zero-order valence-electron chi connectivity index (χ0n) is 10.5. The van der Waals surface area contributed by atoms with Crippen molar-refractivity contribution in [1.29, 1.82) is 0 Å². The van der Waals surface area contributed by atoms with Crippen LogP contribution in [0.4, 0.5) is 0 Å². The van der Waals surface area contributed by atoms with Crippen LogP contribution in [0, 0.1) is 0 Å². The third-order valence-electron chi connectivity index (χ3n) is 3.00. The lowest BCUT2D eigenvalue weighted by molar-refractivity contribution is 0.0702. The number of rotatable bonds is 4. The van der Waals surface area contributed by atoms with E-state index in [1.54, 1.807) is 0 Å². The van der Waals surface area contributed by atoms with Gasteiger partial charge in [0, 0.05) is 12.6 Å². The number of nitrogens with one attached hydrogen (secondary N) is 1. The fourth-order valence-corrected chi connectivity index (χ4v) is 4.54. The largest absolute Gasteiger partial charge is 0.477 e. The van der Waals surface area contributed by atoms with Crippen LogP contribution in [0.3, 0.4) is 0 Å². The van der Waals surface area contributed by atoms with Crippen molar-refractivity contribution in [1.82, 2.24) is 9.62 Å². The van der Waals surface area contributed by atoms with E-state index in [2.05, 4.69) is 9.62 Å². The van der Waals surface area contributed by atoms with Gasteiger partial charge in [-0.05, 0) is 38.6 Å². The molecule has 6 nitrogen and oxygen atoms in total. The van der Waals surface area contributed by atoms with Crippen molar-refractivity contribution in [2.24, 2.45) is 0 Å². The summed E-state index contributed by atoms with van der Waals surface area (Å²) in [6, 6.07) is 2.54. The first kappa shape index (κ1) is 14.4. The second-order valence-corrected chi connectivity index (χ2v) is 7.67. The molecule has 0 saturated carbocycles. The number of aromatic carboxylic acids is 1. The molecule has 0 radical (unpaired) electrons. The molecule has 106 valence electrons. The molecular formula is C11H16N2O4S2. The Morgan fingerprint density at radius 1 is 1.53 bits per heavy atom. The number of sulfonamides is 1. The van der Waals surface area contributed by atoms with Gasteiger partial charge < -0.3 is 10.0 Å². The van der Waals surface area contributed by atoms with E-state index in [1.807, 2.05) is 7.05 Å². The van der Waals surface area contributed by atoms with Gasteiger partial charge in [0.2, 0.25) is 10.0 Å². The molecule has 0 bridgehead atoms. The summed E-state index contributed by atoms with van der Waals surface area (Å²) in [7, 11) is -1.66. The van der Waals surface area contributed by atoms with Gasteiger partial charge in [-0.2, -0.15) is 0 Å². The van der Waals surface area contributed by atoms with Gasteiger partial charge in [-0.3, -0.25) is 0 Å². The third kappa shape index (κ3) is 3.53. The summed E-state index contributed by atoms with van der Waals surface area (Å²) >= 11 is 0.774. The predicted octanol–water partition coefficient (Wildman–Crippen LogP) is 0.819. The fourth-order valence-electron chi connectivity index (χ4n) is 2.12. The molecule has 0 amide bonds. The van der Waals surface area contributed by atoms with E-state index in [-0.39, 0.29) is 15.1 Å². The normalized spacial score (nSPS) is 21.4. The molecule has 0 aromatic carbocycles. The van der Waals surface area contributed by atoms with E-state index in [4.69, 9.17) is 5.11 Å². The molecule has 1 aromatic heterocycles. The topological polar surface area (TPSA) is 86.7 Å².